The van der Waals surface area contributed by atoms with Crippen molar-refractivity contribution in [3.8, 4) is 0 Å². The van der Waals surface area contributed by atoms with Gasteiger partial charge in [0.1, 0.15) is 5.69 Å². The molecule has 106 valence electrons. The summed E-state index contributed by atoms with van der Waals surface area (Å²) in [5.74, 6) is -0.172. The molecule has 0 bridgehead atoms. The maximum absolute atomic E-state index is 12.2. The molecule has 2 aromatic rings. The number of fused-ring (bicyclic) bond motifs is 1. The third-order valence-corrected chi connectivity index (χ3v) is 3.16. The lowest BCUT2D eigenvalue weighted by atomic mass is 10.2. The lowest BCUT2D eigenvalue weighted by Crippen LogP contribution is -2.40. The van der Waals surface area contributed by atoms with Gasteiger partial charge in [0.15, 0.2) is 16.9 Å². The van der Waals surface area contributed by atoms with Crippen molar-refractivity contribution in [2.75, 3.05) is 0 Å². The molecule has 20 heavy (non-hydrogen) atoms. The normalized spacial score (nSPS) is 10.9. The summed E-state index contributed by atoms with van der Waals surface area (Å²) in [6, 6.07) is 0. The highest BCUT2D eigenvalue weighted by Crippen LogP contribution is 2.06. The molecule has 0 aromatic carbocycles. The van der Waals surface area contributed by atoms with Crippen LogP contribution in [0.3, 0.4) is 0 Å². The quantitative estimate of drug-likeness (QED) is 0.762. The molecule has 0 unspecified atom stereocenters. The van der Waals surface area contributed by atoms with Crippen molar-refractivity contribution in [3.05, 3.63) is 32.7 Å². The Kier molecular flexibility index (Phi) is 3.78. The number of carbonyl (C=O) groups is 1. The van der Waals surface area contributed by atoms with Crippen LogP contribution in [-0.2, 0) is 13.1 Å². The number of ketones is 1. The fraction of sp³-hybridized carbons (Fsp3) is 0.462. The molecule has 0 saturated heterocycles. The number of rotatable bonds is 4. The van der Waals surface area contributed by atoms with Gasteiger partial charge in [0.25, 0.3) is 5.56 Å². The van der Waals surface area contributed by atoms with E-state index in [0.717, 1.165) is 4.57 Å². The van der Waals surface area contributed by atoms with Gasteiger partial charge in [-0.25, -0.2) is 14.8 Å². The summed E-state index contributed by atoms with van der Waals surface area (Å²) in [5, 5.41) is 0. The zero-order valence-electron chi connectivity index (χ0n) is 11.7. The van der Waals surface area contributed by atoms with E-state index in [1.165, 1.54) is 10.8 Å². The molecule has 7 heteroatoms. The molecule has 0 amide bonds. The van der Waals surface area contributed by atoms with Crippen LogP contribution in [0.4, 0.5) is 0 Å². The SMILES string of the molecule is CCC(=O)c1cnc2c(=O)n(CC)c(=O)n(CC)c2n1. The summed E-state index contributed by atoms with van der Waals surface area (Å²) in [4.78, 5) is 44.2. The van der Waals surface area contributed by atoms with Crippen molar-refractivity contribution in [2.45, 2.75) is 40.3 Å². The van der Waals surface area contributed by atoms with Crippen molar-refractivity contribution < 1.29 is 4.79 Å². The van der Waals surface area contributed by atoms with Gasteiger partial charge in [-0.15, -0.1) is 0 Å². The zero-order chi connectivity index (χ0) is 14.9. The molecule has 0 saturated carbocycles. The van der Waals surface area contributed by atoms with Gasteiger partial charge in [0.05, 0.1) is 6.20 Å². The van der Waals surface area contributed by atoms with E-state index >= 15 is 0 Å². The Morgan fingerprint density at radius 1 is 1.15 bits per heavy atom. The predicted octanol–water partition coefficient (Wildman–Crippen LogP) is 0.586. The summed E-state index contributed by atoms with van der Waals surface area (Å²) in [6.45, 7) is 5.84. The average Bonchev–Trinajstić information content (AvgIpc) is 2.47. The molecule has 2 heterocycles. The average molecular weight is 276 g/mol. The summed E-state index contributed by atoms with van der Waals surface area (Å²) in [6.07, 6.45) is 1.59. The molecule has 0 N–H and O–H groups in total. The van der Waals surface area contributed by atoms with Gasteiger partial charge in [-0.2, -0.15) is 0 Å². The zero-order valence-corrected chi connectivity index (χ0v) is 11.7. The number of hydrogen-bond donors (Lipinski definition) is 0. The Hall–Kier alpha value is -2.31. The summed E-state index contributed by atoms with van der Waals surface area (Å²) < 4.78 is 2.47. The van der Waals surface area contributed by atoms with E-state index < -0.39 is 11.2 Å². The fourth-order valence-corrected chi connectivity index (χ4v) is 2.05. The second-order valence-corrected chi connectivity index (χ2v) is 4.28. The van der Waals surface area contributed by atoms with Crippen molar-refractivity contribution in [2.24, 2.45) is 0 Å². The van der Waals surface area contributed by atoms with Crippen LogP contribution in [0.5, 0.6) is 0 Å². The number of nitrogens with zero attached hydrogens (tertiary/aromatic N) is 4. The highest BCUT2D eigenvalue weighted by molar-refractivity contribution is 5.94. The number of aromatic nitrogens is 4. The van der Waals surface area contributed by atoms with E-state index in [9.17, 15) is 14.4 Å². The Labute approximate surface area is 114 Å². The third-order valence-electron chi connectivity index (χ3n) is 3.16. The van der Waals surface area contributed by atoms with Crippen molar-refractivity contribution in [1.82, 2.24) is 19.1 Å². The van der Waals surface area contributed by atoms with Crippen LogP contribution in [-0.4, -0.2) is 24.9 Å². The smallest absolute Gasteiger partial charge is 0.292 e. The predicted molar refractivity (Wildman–Crippen MR) is 74.0 cm³/mol. The molecule has 0 atom stereocenters. The molecule has 2 rings (SSSR count). The first-order chi connectivity index (χ1) is 9.54. The Bertz CT molecular complexity index is 789. The van der Waals surface area contributed by atoms with E-state index in [2.05, 4.69) is 9.97 Å². The molecule has 0 aliphatic carbocycles. The Morgan fingerprint density at radius 2 is 1.80 bits per heavy atom. The standard InChI is InChI=1S/C13H16N4O3/c1-4-9(18)8-7-14-10-11(15-8)16(5-2)13(20)17(6-3)12(10)19/h7H,4-6H2,1-3H3. The lowest BCUT2D eigenvalue weighted by molar-refractivity contribution is 0.0983. The molecular formula is C13H16N4O3. The molecule has 0 aliphatic heterocycles. The Balaban J connectivity index is 2.92. The Morgan fingerprint density at radius 3 is 2.35 bits per heavy atom. The van der Waals surface area contributed by atoms with E-state index in [1.54, 1.807) is 20.8 Å². The molecule has 0 fully saturated rings. The first-order valence-corrected chi connectivity index (χ1v) is 6.58. The van der Waals surface area contributed by atoms with Crippen molar-refractivity contribution in [1.29, 1.82) is 0 Å². The fourth-order valence-electron chi connectivity index (χ4n) is 2.05. The molecule has 0 spiro atoms. The molecular weight excluding hydrogens is 260 g/mol. The highest BCUT2D eigenvalue weighted by atomic mass is 16.2. The first-order valence-electron chi connectivity index (χ1n) is 6.58. The minimum Gasteiger partial charge on any atom is -0.292 e. The number of aryl methyl sites for hydroxylation is 1. The maximum Gasteiger partial charge on any atom is 0.332 e. The van der Waals surface area contributed by atoms with Crippen LogP contribution in [0.15, 0.2) is 15.8 Å². The number of hydrogen-bond acceptors (Lipinski definition) is 5. The topological polar surface area (TPSA) is 86.9 Å². The molecule has 0 radical (unpaired) electrons. The number of Topliss-reactive ketones (excluding diaryl/α,β-unsaturated/α-hetero) is 1. The van der Waals surface area contributed by atoms with E-state index in [-0.39, 0.29) is 29.2 Å². The summed E-state index contributed by atoms with van der Waals surface area (Å²) >= 11 is 0. The monoisotopic (exact) mass is 276 g/mol. The minimum absolute atomic E-state index is 0.112. The molecule has 7 nitrogen and oxygen atoms in total. The second-order valence-electron chi connectivity index (χ2n) is 4.28. The van der Waals surface area contributed by atoms with E-state index in [0.29, 0.717) is 13.0 Å². The maximum atomic E-state index is 12.2. The van der Waals surface area contributed by atoms with E-state index in [4.69, 9.17) is 0 Å². The first kappa shape index (κ1) is 14.1. The molecule has 0 aliphatic rings. The van der Waals surface area contributed by atoms with Gasteiger partial charge in [-0.3, -0.25) is 18.7 Å². The molecule has 2 aromatic heterocycles. The largest absolute Gasteiger partial charge is 0.332 e. The second kappa shape index (κ2) is 5.36. The van der Waals surface area contributed by atoms with Crippen LogP contribution >= 0.6 is 0 Å². The van der Waals surface area contributed by atoms with Crippen LogP contribution in [0.25, 0.3) is 11.2 Å². The highest BCUT2D eigenvalue weighted by Gasteiger charge is 2.15. The lowest BCUT2D eigenvalue weighted by Gasteiger charge is -2.10. The minimum atomic E-state index is -0.472. The third kappa shape index (κ3) is 2.04. The van der Waals surface area contributed by atoms with Crippen molar-refractivity contribution in [3.63, 3.8) is 0 Å². The van der Waals surface area contributed by atoms with Crippen LogP contribution in [0.2, 0.25) is 0 Å². The summed E-state index contributed by atoms with van der Waals surface area (Å²) in [5.41, 5.74) is -0.439. The van der Waals surface area contributed by atoms with Crippen molar-refractivity contribution >= 4 is 16.9 Å². The van der Waals surface area contributed by atoms with Gasteiger partial charge in [0.2, 0.25) is 0 Å². The van der Waals surface area contributed by atoms with Gasteiger partial charge in [-0.1, -0.05) is 6.92 Å². The number of carbonyl (C=O) groups excluding carboxylic acids is 1. The van der Waals surface area contributed by atoms with Crippen LogP contribution in [0, 0.1) is 0 Å². The van der Waals surface area contributed by atoms with Crippen LogP contribution in [0.1, 0.15) is 37.7 Å². The van der Waals surface area contributed by atoms with Gasteiger partial charge in [-0.05, 0) is 13.8 Å². The summed E-state index contributed by atoms with van der Waals surface area (Å²) in [7, 11) is 0. The van der Waals surface area contributed by atoms with E-state index in [1.807, 2.05) is 0 Å². The van der Waals surface area contributed by atoms with Gasteiger partial charge in [0, 0.05) is 19.5 Å². The van der Waals surface area contributed by atoms with Gasteiger partial charge < -0.3 is 0 Å². The van der Waals surface area contributed by atoms with Crippen LogP contribution < -0.4 is 11.2 Å². The van der Waals surface area contributed by atoms with Gasteiger partial charge >= 0.3 is 5.69 Å².